The van der Waals surface area contributed by atoms with E-state index in [0.29, 0.717) is 12.5 Å². The number of benzene rings is 1. The van der Waals surface area contributed by atoms with Gasteiger partial charge in [-0.3, -0.25) is 0 Å². The van der Waals surface area contributed by atoms with Crippen LogP contribution in [0.3, 0.4) is 0 Å². The lowest BCUT2D eigenvalue weighted by Gasteiger charge is -2.13. The Bertz CT molecular complexity index is 567. The maximum absolute atomic E-state index is 5.48. The minimum Gasteiger partial charge on any atom is -0.496 e. The van der Waals surface area contributed by atoms with Crippen LogP contribution in [0.25, 0.3) is 0 Å². The Morgan fingerprint density at radius 1 is 1.25 bits per heavy atom. The predicted molar refractivity (Wildman–Crippen MR) is 86.3 cm³/mol. The smallest absolute Gasteiger partial charge is 0.126 e. The van der Waals surface area contributed by atoms with E-state index in [1.807, 2.05) is 12.1 Å². The van der Waals surface area contributed by atoms with Gasteiger partial charge in [-0.05, 0) is 45.6 Å². The monoisotopic (exact) mass is 334 g/mol. The maximum Gasteiger partial charge on any atom is 0.126 e. The van der Waals surface area contributed by atoms with E-state index in [1.54, 1.807) is 13.3 Å². The molecule has 1 N–H and O–H groups in total. The van der Waals surface area contributed by atoms with Gasteiger partial charge in [0.1, 0.15) is 11.6 Å². The van der Waals surface area contributed by atoms with Crippen LogP contribution >= 0.6 is 15.9 Å². The van der Waals surface area contributed by atoms with Crippen LogP contribution in [0.5, 0.6) is 5.75 Å². The number of aromatic nitrogens is 1. The summed E-state index contributed by atoms with van der Waals surface area (Å²) in [7, 11) is 1.71. The van der Waals surface area contributed by atoms with Crippen LogP contribution < -0.4 is 10.1 Å². The van der Waals surface area contributed by atoms with Crippen LogP contribution in [0.15, 0.2) is 41.0 Å². The molecule has 0 amide bonds. The van der Waals surface area contributed by atoms with Crippen LogP contribution in [0.2, 0.25) is 0 Å². The number of nitrogens with zero attached hydrogens (tertiary/aromatic N) is 1. The molecule has 1 aromatic heterocycles. The van der Waals surface area contributed by atoms with E-state index in [4.69, 9.17) is 4.74 Å². The SMILES string of the molecule is COc1cc(C(C)C)ccc1CNc1ccc(Br)cn1. The van der Waals surface area contributed by atoms with Crippen molar-refractivity contribution in [2.24, 2.45) is 0 Å². The molecular formula is C16H19BrN2O. The summed E-state index contributed by atoms with van der Waals surface area (Å²) in [5.74, 6) is 2.27. The molecule has 0 spiro atoms. The Hall–Kier alpha value is -1.55. The second-order valence-electron chi connectivity index (χ2n) is 4.94. The van der Waals surface area contributed by atoms with E-state index in [2.05, 4.69) is 58.3 Å². The van der Waals surface area contributed by atoms with Gasteiger partial charge >= 0.3 is 0 Å². The molecule has 3 nitrogen and oxygen atoms in total. The van der Waals surface area contributed by atoms with E-state index < -0.39 is 0 Å². The van der Waals surface area contributed by atoms with E-state index >= 15 is 0 Å². The van der Waals surface area contributed by atoms with Gasteiger partial charge in [0.25, 0.3) is 0 Å². The summed E-state index contributed by atoms with van der Waals surface area (Å²) in [5, 5.41) is 3.30. The van der Waals surface area contributed by atoms with Gasteiger partial charge in [0, 0.05) is 22.8 Å². The fourth-order valence-electron chi connectivity index (χ4n) is 1.93. The summed E-state index contributed by atoms with van der Waals surface area (Å²) in [6, 6.07) is 10.3. The molecule has 0 aliphatic heterocycles. The van der Waals surface area contributed by atoms with E-state index in [-0.39, 0.29) is 0 Å². The van der Waals surface area contributed by atoms with Gasteiger partial charge in [-0.2, -0.15) is 0 Å². The van der Waals surface area contributed by atoms with Gasteiger partial charge in [-0.15, -0.1) is 0 Å². The minimum absolute atomic E-state index is 0.499. The van der Waals surface area contributed by atoms with Crippen molar-refractivity contribution in [1.82, 2.24) is 4.98 Å². The summed E-state index contributed by atoms with van der Waals surface area (Å²) in [6.07, 6.45) is 1.78. The third-order valence-electron chi connectivity index (χ3n) is 3.17. The first kappa shape index (κ1) is 14.9. The van der Waals surface area contributed by atoms with Crippen LogP contribution in [-0.4, -0.2) is 12.1 Å². The maximum atomic E-state index is 5.48. The van der Waals surface area contributed by atoms with Gasteiger partial charge < -0.3 is 10.1 Å². The highest BCUT2D eigenvalue weighted by Crippen LogP contribution is 2.25. The van der Waals surface area contributed by atoms with Crippen molar-refractivity contribution in [2.45, 2.75) is 26.3 Å². The number of pyridine rings is 1. The molecular weight excluding hydrogens is 316 g/mol. The lowest BCUT2D eigenvalue weighted by molar-refractivity contribution is 0.409. The topological polar surface area (TPSA) is 34.1 Å². The first-order valence-electron chi connectivity index (χ1n) is 6.62. The van der Waals surface area contributed by atoms with E-state index in [9.17, 15) is 0 Å². The van der Waals surface area contributed by atoms with Crippen molar-refractivity contribution in [3.8, 4) is 5.75 Å². The Morgan fingerprint density at radius 3 is 2.65 bits per heavy atom. The number of halogens is 1. The number of hydrogen-bond acceptors (Lipinski definition) is 3. The highest BCUT2D eigenvalue weighted by molar-refractivity contribution is 9.10. The predicted octanol–water partition coefficient (Wildman–Crippen LogP) is 4.59. The molecule has 0 aliphatic carbocycles. The molecule has 4 heteroatoms. The van der Waals surface area contributed by atoms with Crippen LogP contribution in [-0.2, 0) is 6.54 Å². The van der Waals surface area contributed by atoms with Crippen molar-refractivity contribution < 1.29 is 4.74 Å². The third kappa shape index (κ3) is 3.73. The van der Waals surface area contributed by atoms with Gasteiger partial charge in [0.2, 0.25) is 0 Å². The Kier molecular flexibility index (Phi) is 5.01. The van der Waals surface area contributed by atoms with Gasteiger partial charge in [0.05, 0.1) is 7.11 Å². The fourth-order valence-corrected chi connectivity index (χ4v) is 2.17. The summed E-state index contributed by atoms with van der Waals surface area (Å²) >= 11 is 3.38. The number of nitrogens with one attached hydrogen (secondary N) is 1. The molecule has 1 heterocycles. The quantitative estimate of drug-likeness (QED) is 0.868. The first-order valence-corrected chi connectivity index (χ1v) is 7.41. The van der Waals surface area contributed by atoms with Crippen LogP contribution in [0, 0.1) is 0 Å². The first-order chi connectivity index (χ1) is 9.60. The average molecular weight is 335 g/mol. The Balaban J connectivity index is 2.10. The lowest BCUT2D eigenvalue weighted by atomic mass is 10.0. The zero-order chi connectivity index (χ0) is 14.5. The second kappa shape index (κ2) is 6.75. The fraction of sp³-hybridized carbons (Fsp3) is 0.312. The highest BCUT2D eigenvalue weighted by atomic mass is 79.9. The summed E-state index contributed by atoms with van der Waals surface area (Å²) in [5.41, 5.74) is 2.41. The van der Waals surface area contributed by atoms with Crippen molar-refractivity contribution in [3.63, 3.8) is 0 Å². The minimum atomic E-state index is 0.499. The van der Waals surface area contributed by atoms with Crippen molar-refractivity contribution >= 4 is 21.7 Å². The molecule has 0 atom stereocenters. The average Bonchev–Trinajstić information content (AvgIpc) is 2.46. The molecule has 2 rings (SSSR count). The molecule has 0 saturated carbocycles. The molecule has 20 heavy (non-hydrogen) atoms. The molecule has 0 fully saturated rings. The van der Waals surface area contributed by atoms with E-state index in [1.165, 1.54) is 5.56 Å². The van der Waals surface area contributed by atoms with E-state index in [0.717, 1.165) is 21.6 Å². The van der Waals surface area contributed by atoms with Crippen molar-refractivity contribution in [2.75, 3.05) is 12.4 Å². The number of rotatable bonds is 5. The van der Waals surface area contributed by atoms with Crippen LogP contribution in [0.4, 0.5) is 5.82 Å². The largest absolute Gasteiger partial charge is 0.496 e. The Labute approximate surface area is 128 Å². The molecule has 1 aromatic carbocycles. The van der Waals surface area contributed by atoms with Gasteiger partial charge in [0.15, 0.2) is 0 Å². The molecule has 0 bridgehead atoms. The number of anilines is 1. The van der Waals surface area contributed by atoms with Crippen molar-refractivity contribution in [1.29, 1.82) is 0 Å². The molecule has 106 valence electrons. The summed E-state index contributed by atoms with van der Waals surface area (Å²) in [6.45, 7) is 5.05. The normalized spacial score (nSPS) is 10.7. The standard InChI is InChI=1S/C16H19BrN2O/c1-11(2)12-4-5-13(15(8-12)20-3)9-18-16-7-6-14(17)10-19-16/h4-8,10-11H,9H2,1-3H3,(H,18,19). The number of methoxy groups -OCH3 is 1. The Morgan fingerprint density at radius 2 is 2.05 bits per heavy atom. The molecule has 0 radical (unpaired) electrons. The second-order valence-corrected chi connectivity index (χ2v) is 5.86. The van der Waals surface area contributed by atoms with Crippen molar-refractivity contribution in [3.05, 3.63) is 52.1 Å². The summed E-state index contributed by atoms with van der Waals surface area (Å²) < 4.78 is 6.45. The molecule has 2 aromatic rings. The number of ether oxygens (including phenoxy) is 1. The molecule has 0 aliphatic rings. The molecule has 0 saturated heterocycles. The molecule has 0 unspecified atom stereocenters. The van der Waals surface area contributed by atoms with Gasteiger partial charge in [-0.1, -0.05) is 26.0 Å². The lowest BCUT2D eigenvalue weighted by Crippen LogP contribution is -2.03. The number of hydrogen-bond donors (Lipinski definition) is 1. The highest BCUT2D eigenvalue weighted by Gasteiger charge is 2.07. The van der Waals surface area contributed by atoms with Crippen LogP contribution in [0.1, 0.15) is 30.9 Å². The zero-order valence-corrected chi connectivity index (χ0v) is 13.6. The summed E-state index contributed by atoms with van der Waals surface area (Å²) in [4.78, 5) is 4.30. The third-order valence-corrected chi connectivity index (χ3v) is 3.63. The van der Waals surface area contributed by atoms with Gasteiger partial charge in [-0.25, -0.2) is 4.98 Å². The zero-order valence-electron chi connectivity index (χ0n) is 12.0.